The molecular weight excluding hydrogens is 660 g/mol. The zero-order valence-corrected chi connectivity index (χ0v) is 30.5. The molecule has 4 N–H and O–H groups in total. The Bertz CT molecular complexity index is 1850. The van der Waals surface area contributed by atoms with Gasteiger partial charge in [-0.3, -0.25) is 39.4 Å². The largest absolute Gasteiger partial charge is 0.497 e. The first kappa shape index (κ1) is 38.2. The zero-order valence-electron chi connectivity index (χ0n) is 30.5. The summed E-state index contributed by atoms with van der Waals surface area (Å²) >= 11 is 0. The molecule has 1 aliphatic heterocycles. The van der Waals surface area contributed by atoms with Gasteiger partial charge in [0.2, 0.25) is 17.7 Å². The number of nitrogens with two attached hydrogens (primary N) is 1. The van der Waals surface area contributed by atoms with Crippen LogP contribution in [0.1, 0.15) is 62.4 Å². The van der Waals surface area contributed by atoms with Crippen molar-refractivity contribution in [1.29, 1.82) is 0 Å². The number of rotatable bonds is 16. The second-order valence-corrected chi connectivity index (χ2v) is 13.9. The standard InChI is InChI=1S/C40H50N6O6/c1-26(2)23-45(24-36(47)42-38(48)27(3)41)19-9-5-6-10-20-46(40(50)31-21-30-22-32(51-4)17-18-35(30)52-25-31)39(49)29-15-13-28(14-16-29)37-33-11-7-8-12-34(33)43-44-37/h7-8,11-18,22,26-27,31H,5-6,9-10,19-21,23-25,41H2,1-4H3,(H,43,44)(H,42,47,48)/t27-,31+/m0/s1. The van der Waals surface area contributed by atoms with Crippen LogP contribution < -0.4 is 20.5 Å². The number of nitrogens with one attached hydrogen (secondary N) is 2. The lowest BCUT2D eigenvalue weighted by atomic mass is 9.94. The molecule has 4 amide bonds. The fourth-order valence-corrected chi connectivity index (χ4v) is 6.50. The van der Waals surface area contributed by atoms with E-state index in [0.717, 1.165) is 47.0 Å². The number of hydrogen-bond acceptors (Lipinski definition) is 9. The molecule has 0 fully saturated rings. The van der Waals surface area contributed by atoms with Crippen LogP contribution in [0.2, 0.25) is 0 Å². The molecule has 1 aliphatic rings. The second kappa shape index (κ2) is 17.9. The van der Waals surface area contributed by atoms with Crippen LogP contribution in [0.4, 0.5) is 0 Å². The Labute approximate surface area is 305 Å². The van der Waals surface area contributed by atoms with Crippen molar-refractivity contribution in [1.82, 2.24) is 25.3 Å². The minimum atomic E-state index is -0.757. The van der Waals surface area contributed by atoms with Gasteiger partial charge in [0.1, 0.15) is 18.1 Å². The molecular formula is C40H50N6O6. The Morgan fingerprint density at radius 2 is 1.71 bits per heavy atom. The quantitative estimate of drug-likeness (QED) is 0.108. The number of aromatic amines is 1. The van der Waals surface area contributed by atoms with E-state index in [4.69, 9.17) is 15.2 Å². The average molecular weight is 711 g/mol. The van der Waals surface area contributed by atoms with E-state index in [1.165, 1.54) is 11.8 Å². The monoisotopic (exact) mass is 710 g/mol. The summed E-state index contributed by atoms with van der Waals surface area (Å²) in [6.45, 7) is 7.66. The van der Waals surface area contributed by atoms with Crippen molar-refractivity contribution in [3.8, 4) is 22.8 Å². The minimum Gasteiger partial charge on any atom is -0.497 e. The molecule has 276 valence electrons. The maximum atomic E-state index is 14.1. The number of para-hydroxylation sites is 1. The number of amides is 4. The van der Waals surface area contributed by atoms with Crippen LogP contribution in [0.15, 0.2) is 66.7 Å². The van der Waals surface area contributed by atoms with Crippen LogP contribution in [0.25, 0.3) is 22.2 Å². The van der Waals surface area contributed by atoms with Gasteiger partial charge < -0.3 is 15.2 Å². The molecule has 0 aliphatic carbocycles. The van der Waals surface area contributed by atoms with Crippen LogP contribution in [0, 0.1) is 11.8 Å². The molecule has 0 spiro atoms. The SMILES string of the molecule is COc1ccc2c(c1)C[C@@H](C(=O)N(CCCCCCN(CC(=O)NC(=O)[C@H](C)N)CC(C)C)C(=O)c1ccc(-c3n[nH]c4ccccc34)cc1)CO2. The lowest BCUT2D eigenvalue weighted by Gasteiger charge is -2.30. The Morgan fingerprint density at radius 3 is 2.42 bits per heavy atom. The first-order chi connectivity index (χ1) is 25.0. The van der Waals surface area contributed by atoms with Gasteiger partial charge in [0.25, 0.3) is 5.91 Å². The lowest BCUT2D eigenvalue weighted by molar-refractivity contribution is -0.134. The highest BCUT2D eigenvalue weighted by atomic mass is 16.5. The first-order valence-electron chi connectivity index (χ1n) is 18.0. The highest BCUT2D eigenvalue weighted by molar-refractivity contribution is 6.06. The topological polar surface area (TPSA) is 160 Å². The number of nitrogens with zero attached hydrogens (tertiary/aromatic N) is 3. The number of benzene rings is 3. The van der Waals surface area contributed by atoms with Gasteiger partial charge in [-0.25, -0.2) is 0 Å². The van der Waals surface area contributed by atoms with Crippen LogP contribution in [0.3, 0.4) is 0 Å². The van der Waals surface area contributed by atoms with Crippen LogP contribution >= 0.6 is 0 Å². The predicted octanol–water partition coefficient (Wildman–Crippen LogP) is 4.97. The molecule has 12 nitrogen and oxygen atoms in total. The Hall–Kier alpha value is -5.07. The highest BCUT2D eigenvalue weighted by Gasteiger charge is 2.33. The molecule has 0 bridgehead atoms. The maximum absolute atomic E-state index is 14.1. The number of fused-ring (bicyclic) bond motifs is 2. The third-order valence-corrected chi connectivity index (χ3v) is 9.18. The number of methoxy groups -OCH3 is 1. The van der Waals surface area contributed by atoms with E-state index in [1.807, 2.05) is 59.5 Å². The Balaban J connectivity index is 1.24. The van der Waals surface area contributed by atoms with Crippen molar-refractivity contribution in [3.05, 3.63) is 77.9 Å². The van der Waals surface area contributed by atoms with Crippen LogP contribution in [-0.4, -0.2) is 89.6 Å². The average Bonchev–Trinajstić information content (AvgIpc) is 3.57. The van der Waals surface area contributed by atoms with E-state index in [-0.39, 0.29) is 37.4 Å². The number of ether oxygens (including phenoxy) is 2. The Morgan fingerprint density at radius 1 is 0.981 bits per heavy atom. The molecule has 2 heterocycles. The fourth-order valence-electron chi connectivity index (χ4n) is 6.50. The maximum Gasteiger partial charge on any atom is 0.260 e. The predicted molar refractivity (Wildman–Crippen MR) is 200 cm³/mol. The summed E-state index contributed by atoms with van der Waals surface area (Å²) in [6, 6.07) is 19.9. The van der Waals surface area contributed by atoms with E-state index in [1.54, 1.807) is 19.2 Å². The summed E-state index contributed by atoms with van der Waals surface area (Å²) in [5.74, 6) is -0.266. The third-order valence-electron chi connectivity index (χ3n) is 9.18. The summed E-state index contributed by atoms with van der Waals surface area (Å²) in [6.07, 6.45) is 3.52. The third kappa shape index (κ3) is 9.83. The molecule has 0 saturated heterocycles. The molecule has 2 atom stereocenters. The van der Waals surface area contributed by atoms with Crippen molar-refractivity contribution in [2.24, 2.45) is 17.6 Å². The number of H-pyrrole nitrogens is 1. The summed E-state index contributed by atoms with van der Waals surface area (Å²) in [5.41, 5.74) is 9.46. The molecule has 0 saturated carbocycles. The van der Waals surface area contributed by atoms with Gasteiger partial charge in [0.05, 0.1) is 36.8 Å². The number of hydrogen-bond donors (Lipinski definition) is 3. The van der Waals surface area contributed by atoms with Crippen molar-refractivity contribution < 1.29 is 28.7 Å². The van der Waals surface area contributed by atoms with Crippen molar-refractivity contribution in [3.63, 3.8) is 0 Å². The van der Waals surface area contributed by atoms with Crippen molar-refractivity contribution in [2.75, 3.05) is 39.9 Å². The number of imide groups is 2. The lowest BCUT2D eigenvalue weighted by Crippen LogP contribution is -2.46. The fraction of sp³-hybridized carbons (Fsp3) is 0.425. The van der Waals surface area contributed by atoms with Crippen molar-refractivity contribution in [2.45, 2.75) is 58.9 Å². The minimum absolute atomic E-state index is 0.112. The summed E-state index contributed by atoms with van der Waals surface area (Å²) < 4.78 is 11.4. The van der Waals surface area contributed by atoms with Crippen molar-refractivity contribution >= 4 is 34.5 Å². The number of aromatic nitrogens is 2. The molecule has 52 heavy (non-hydrogen) atoms. The van der Waals surface area contributed by atoms with E-state index in [2.05, 4.69) is 29.4 Å². The van der Waals surface area contributed by atoms with Crippen LogP contribution in [-0.2, 0) is 20.8 Å². The zero-order chi connectivity index (χ0) is 37.2. The first-order valence-corrected chi connectivity index (χ1v) is 18.0. The molecule has 1 aromatic heterocycles. The number of carbonyl (C=O) groups is 4. The van der Waals surface area contributed by atoms with Gasteiger partial charge in [-0.15, -0.1) is 0 Å². The summed E-state index contributed by atoms with van der Waals surface area (Å²) in [5, 5.41) is 10.9. The Kier molecular flexibility index (Phi) is 13.2. The van der Waals surface area contributed by atoms with Gasteiger partial charge in [0.15, 0.2) is 0 Å². The van der Waals surface area contributed by atoms with E-state index >= 15 is 0 Å². The van der Waals surface area contributed by atoms with Gasteiger partial charge in [-0.05, 0) is 80.6 Å². The van der Waals surface area contributed by atoms with Gasteiger partial charge in [-0.2, -0.15) is 5.10 Å². The number of carbonyl (C=O) groups excluding carboxylic acids is 4. The van der Waals surface area contributed by atoms with E-state index in [0.29, 0.717) is 48.9 Å². The van der Waals surface area contributed by atoms with Crippen LogP contribution in [0.5, 0.6) is 11.5 Å². The molecule has 5 rings (SSSR count). The summed E-state index contributed by atoms with van der Waals surface area (Å²) in [4.78, 5) is 55.9. The second-order valence-electron chi connectivity index (χ2n) is 13.9. The van der Waals surface area contributed by atoms with E-state index in [9.17, 15) is 19.2 Å². The normalized spacial score (nSPS) is 14.5. The molecule has 0 unspecified atom stereocenters. The van der Waals surface area contributed by atoms with Gasteiger partial charge in [-0.1, -0.05) is 57.0 Å². The highest BCUT2D eigenvalue weighted by Crippen LogP contribution is 2.32. The number of unbranched alkanes of at least 4 members (excludes halogenated alkanes) is 3. The molecule has 0 radical (unpaired) electrons. The van der Waals surface area contributed by atoms with Gasteiger partial charge >= 0.3 is 0 Å². The van der Waals surface area contributed by atoms with Gasteiger partial charge in [0, 0.05) is 29.6 Å². The summed E-state index contributed by atoms with van der Waals surface area (Å²) in [7, 11) is 1.60. The molecule has 3 aromatic carbocycles. The van der Waals surface area contributed by atoms with E-state index < -0.39 is 17.9 Å². The molecule has 12 heteroatoms. The smallest absolute Gasteiger partial charge is 0.260 e. The molecule has 4 aromatic rings.